The van der Waals surface area contributed by atoms with Crippen molar-refractivity contribution in [3.63, 3.8) is 0 Å². The highest BCUT2D eigenvalue weighted by Gasteiger charge is 2.60. The summed E-state index contributed by atoms with van der Waals surface area (Å²) in [6.07, 6.45) is 9.56. The molecule has 87 heavy (non-hydrogen) atoms. The van der Waals surface area contributed by atoms with Crippen LogP contribution in [0.1, 0.15) is 154 Å². The van der Waals surface area contributed by atoms with E-state index in [4.69, 9.17) is 0 Å². The average molecular weight is 1170 g/mol. The largest absolute Gasteiger partial charge is 0.334 e. The van der Waals surface area contributed by atoms with Gasteiger partial charge in [-0.1, -0.05) is 172 Å². The molecule has 4 unspecified atom stereocenters. The highest BCUT2D eigenvalue weighted by atomic mass is 32.1. The van der Waals surface area contributed by atoms with Crippen LogP contribution < -0.4 is 36.0 Å². The summed E-state index contributed by atoms with van der Waals surface area (Å²) in [7, 11) is 0. The van der Waals surface area contributed by atoms with Gasteiger partial charge >= 0.3 is 0 Å². The number of benzene rings is 9. The Morgan fingerprint density at radius 3 is 1.71 bits per heavy atom. The third-order valence-corrected chi connectivity index (χ3v) is 25.5. The van der Waals surface area contributed by atoms with Crippen LogP contribution in [0, 0.1) is 13.8 Å². The second-order valence-corrected chi connectivity index (χ2v) is 32.2. The second kappa shape index (κ2) is 18.2. The first-order valence-corrected chi connectivity index (χ1v) is 34.1. The van der Waals surface area contributed by atoms with E-state index < -0.39 is 0 Å². The Balaban J connectivity index is 1.01. The highest BCUT2D eigenvalue weighted by molar-refractivity contribution is 7.26. The van der Waals surface area contributed by atoms with Gasteiger partial charge in [-0.15, -0.1) is 22.7 Å². The van der Waals surface area contributed by atoms with Gasteiger partial charge in [0.25, 0.3) is 6.71 Å². The summed E-state index contributed by atoms with van der Waals surface area (Å²) in [5, 5.41) is 5.29. The van der Waals surface area contributed by atoms with Crippen LogP contribution in [0.5, 0.6) is 0 Å². The van der Waals surface area contributed by atoms with Crippen LogP contribution in [-0.4, -0.2) is 17.8 Å². The number of anilines is 10. The van der Waals surface area contributed by atoms with E-state index in [2.05, 4.69) is 266 Å². The molecule has 2 aromatic heterocycles. The monoisotopic (exact) mass is 1170 g/mol. The van der Waals surface area contributed by atoms with Gasteiger partial charge in [-0.3, -0.25) is 0 Å². The van der Waals surface area contributed by atoms with Gasteiger partial charge in [-0.2, -0.15) is 0 Å². The maximum absolute atomic E-state index is 2.87. The van der Waals surface area contributed by atoms with Crippen LogP contribution in [0.2, 0.25) is 0 Å². The number of hydrogen-bond acceptors (Lipinski definition) is 6. The van der Waals surface area contributed by atoms with Gasteiger partial charge in [-0.25, -0.2) is 0 Å². The molecule has 0 saturated heterocycles. The molecule has 11 aromatic rings. The van der Waals surface area contributed by atoms with Gasteiger partial charge in [0.2, 0.25) is 0 Å². The SMILES string of the molecule is Cc1cc(C)c2c(c1)N(c1ccc3c(c1)N(c1cccc4c1sc1ccccc14)c1cc(N4c5ccc(C(C)(C)C)cc5C5(C)CCCCC45C)cc4c1B3c1ccc(C(C)(C)C)cc1N4c1ccc3c(c1)sc1ccccc13)C1(C)CCCCC21C. The van der Waals surface area contributed by atoms with Crippen molar-refractivity contribution in [2.24, 2.45) is 0 Å². The van der Waals surface area contributed by atoms with Crippen molar-refractivity contribution >= 4 is 143 Å². The third kappa shape index (κ3) is 7.25. The summed E-state index contributed by atoms with van der Waals surface area (Å²) >= 11 is 3.87. The first kappa shape index (κ1) is 53.9. The molecule has 9 aromatic carbocycles. The lowest BCUT2D eigenvalue weighted by Crippen LogP contribution is -2.61. The Kier molecular flexibility index (Phi) is 11.3. The van der Waals surface area contributed by atoms with E-state index in [1.807, 2.05) is 22.7 Å². The number of thiophene rings is 2. The van der Waals surface area contributed by atoms with E-state index >= 15 is 0 Å². The van der Waals surface area contributed by atoms with Gasteiger partial charge in [0.05, 0.1) is 21.5 Å². The summed E-state index contributed by atoms with van der Waals surface area (Å²) in [5.41, 5.74) is 25.1. The number of hydrogen-bond donors (Lipinski definition) is 0. The predicted octanol–water partition coefficient (Wildman–Crippen LogP) is 21.2. The lowest BCUT2D eigenvalue weighted by Gasteiger charge is -2.51. The Morgan fingerprint density at radius 2 is 0.977 bits per heavy atom. The first-order chi connectivity index (χ1) is 41.7. The summed E-state index contributed by atoms with van der Waals surface area (Å²) < 4.78 is 5.29. The van der Waals surface area contributed by atoms with E-state index in [-0.39, 0.29) is 39.5 Å². The van der Waals surface area contributed by atoms with Crippen molar-refractivity contribution in [3.05, 3.63) is 197 Å². The third-order valence-electron chi connectivity index (χ3n) is 23.2. The lowest BCUT2D eigenvalue weighted by molar-refractivity contribution is 0.194. The van der Waals surface area contributed by atoms with Crippen molar-refractivity contribution in [3.8, 4) is 0 Å². The van der Waals surface area contributed by atoms with Crippen molar-refractivity contribution in [2.75, 3.05) is 19.6 Å². The molecule has 434 valence electrons. The van der Waals surface area contributed by atoms with E-state index in [0.717, 1.165) is 19.3 Å². The van der Waals surface area contributed by atoms with Crippen LogP contribution >= 0.6 is 22.7 Å². The Labute approximate surface area is 523 Å². The van der Waals surface area contributed by atoms with Crippen molar-refractivity contribution < 1.29 is 0 Å². The van der Waals surface area contributed by atoms with Crippen molar-refractivity contribution in [1.29, 1.82) is 0 Å². The topological polar surface area (TPSA) is 13.0 Å². The van der Waals surface area contributed by atoms with Crippen LogP contribution in [-0.2, 0) is 21.7 Å². The van der Waals surface area contributed by atoms with Crippen LogP contribution in [0.15, 0.2) is 164 Å². The molecule has 4 aliphatic heterocycles. The quantitative estimate of drug-likeness (QED) is 0.163. The number of nitrogens with zero attached hydrogens (tertiary/aromatic N) is 4. The lowest BCUT2D eigenvalue weighted by atomic mass is 9.33. The molecule has 7 heteroatoms. The molecule has 2 aliphatic carbocycles. The molecule has 0 bridgehead atoms. The molecule has 0 amide bonds. The molecule has 6 aliphatic rings. The molecule has 0 radical (unpaired) electrons. The van der Waals surface area contributed by atoms with Gasteiger partial charge in [0.15, 0.2) is 0 Å². The minimum Gasteiger partial charge on any atom is -0.334 e. The summed E-state index contributed by atoms with van der Waals surface area (Å²) in [4.78, 5) is 11.2. The standard InChI is InChI=1S/C80H79BN4S2/c1-48-40-49(2)72-66(41-48)84(80(12)39-20-18-37-78(72,80)10)53-31-34-61-65(44-53)83(63-25-21-24-58-56-23-14-16-27-70(56)87-74(58)63)68-46-54(85-62-35-29-50(75(3,4)5)42-59(62)77(9)36-17-19-38-79(77,85)11)45-67-73(68)81(61)60-33-28-51(76(6,7)8)43-64(60)82(67)52-30-32-57-55-22-13-15-26-69(55)86-71(57)47-52/h13-16,21-35,40-47H,17-20,36-39H2,1-12H3. The normalized spacial score (nSPS) is 22.9. The summed E-state index contributed by atoms with van der Waals surface area (Å²) in [6, 6.07) is 65.8. The Morgan fingerprint density at radius 1 is 0.414 bits per heavy atom. The molecule has 6 heterocycles. The summed E-state index contributed by atoms with van der Waals surface area (Å²) in [6.45, 7) is 29.4. The van der Waals surface area contributed by atoms with Gasteiger partial charge < -0.3 is 19.6 Å². The average Bonchev–Trinajstić information content (AvgIpc) is 1.70. The molecule has 0 N–H and O–H groups in total. The number of fused-ring (bicyclic) bond motifs is 16. The zero-order valence-corrected chi connectivity index (χ0v) is 54.6. The first-order valence-electron chi connectivity index (χ1n) is 32.4. The molecule has 4 atom stereocenters. The van der Waals surface area contributed by atoms with Crippen molar-refractivity contribution in [2.45, 2.75) is 167 Å². The van der Waals surface area contributed by atoms with Gasteiger partial charge in [-0.05, 0) is 187 Å². The van der Waals surface area contributed by atoms with Crippen LogP contribution in [0.25, 0.3) is 40.3 Å². The fourth-order valence-corrected chi connectivity index (χ4v) is 20.7. The molecule has 17 rings (SSSR count). The van der Waals surface area contributed by atoms with Crippen LogP contribution in [0.4, 0.5) is 56.9 Å². The van der Waals surface area contributed by atoms with Crippen LogP contribution in [0.3, 0.4) is 0 Å². The molecular formula is C80H79BN4S2. The maximum atomic E-state index is 2.87. The van der Waals surface area contributed by atoms with Gasteiger partial charge in [0.1, 0.15) is 0 Å². The van der Waals surface area contributed by atoms with E-state index in [1.165, 1.54) is 174 Å². The molecule has 4 nitrogen and oxygen atoms in total. The Hall–Kier alpha value is -7.32. The fraction of sp³-hybridized carbons (Fsp3) is 0.325. The molecule has 2 saturated carbocycles. The van der Waals surface area contributed by atoms with Crippen molar-refractivity contribution in [1.82, 2.24) is 0 Å². The number of aryl methyl sites for hydroxylation is 2. The molecular weight excluding hydrogens is 1090 g/mol. The Bertz CT molecular complexity index is 4780. The predicted molar refractivity (Wildman–Crippen MR) is 379 cm³/mol. The fourth-order valence-electron chi connectivity index (χ4n) is 18.4. The smallest absolute Gasteiger partial charge is 0.252 e. The maximum Gasteiger partial charge on any atom is 0.252 e. The molecule has 2 fully saturated rings. The summed E-state index contributed by atoms with van der Waals surface area (Å²) in [5.74, 6) is 0. The second-order valence-electron chi connectivity index (χ2n) is 30.1. The minimum absolute atomic E-state index is 0.00576. The highest BCUT2D eigenvalue weighted by Crippen LogP contribution is 2.65. The van der Waals surface area contributed by atoms with E-state index in [9.17, 15) is 0 Å². The number of rotatable bonds is 4. The van der Waals surface area contributed by atoms with E-state index in [1.54, 1.807) is 5.56 Å². The molecule has 0 spiro atoms. The van der Waals surface area contributed by atoms with E-state index in [0.29, 0.717) is 0 Å². The zero-order chi connectivity index (χ0) is 59.6. The minimum atomic E-state index is -0.186. The van der Waals surface area contributed by atoms with Gasteiger partial charge in [0, 0.05) is 97.7 Å². The zero-order valence-electron chi connectivity index (χ0n) is 52.9.